The van der Waals surface area contributed by atoms with Crippen LogP contribution in [0.15, 0.2) is 0 Å². The molecule has 0 aromatic carbocycles. The van der Waals surface area contributed by atoms with Crippen molar-refractivity contribution in [3.8, 4) is 0 Å². The summed E-state index contributed by atoms with van der Waals surface area (Å²) in [5, 5.41) is 3.31. The van der Waals surface area contributed by atoms with Crippen molar-refractivity contribution in [2.45, 2.75) is 58.2 Å². The Morgan fingerprint density at radius 1 is 1.33 bits per heavy atom. The van der Waals surface area contributed by atoms with E-state index in [9.17, 15) is 9.59 Å². The van der Waals surface area contributed by atoms with Crippen molar-refractivity contribution in [1.29, 1.82) is 0 Å². The van der Waals surface area contributed by atoms with Crippen LogP contribution in [-0.2, 0) is 9.53 Å². The molecule has 1 fully saturated rings. The van der Waals surface area contributed by atoms with Gasteiger partial charge in [0.05, 0.1) is 6.04 Å². The first kappa shape index (κ1) is 17.8. The number of nitrogens with zero attached hydrogens (tertiary/aromatic N) is 2. The highest BCUT2D eigenvalue weighted by Gasteiger charge is 2.29. The zero-order valence-electron chi connectivity index (χ0n) is 14.1. The fraction of sp³-hybridized carbons (Fsp3) is 0.867. The molecule has 0 saturated carbocycles. The first-order valence-corrected chi connectivity index (χ1v) is 7.55. The third-order valence-corrected chi connectivity index (χ3v) is 3.37. The molecule has 1 aliphatic rings. The van der Waals surface area contributed by atoms with E-state index in [2.05, 4.69) is 5.32 Å². The van der Waals surface area contributed by atoms with Crippen LogP contribution in [0.5, 0.6) is 0 Å². The molecule has 21 heavy (non-hydrogen) atoms. The molecule has 0 spiro atoms. The maximum atomic E-state index is 12.1. The van der Waals surface area contributed by atoms with Crippen molar-refractivity contribution >= 4 is 12.0 Å². The van der Waals surface area contributed by atoms with Gasteiger partial charge in [-0.15, -0.1) is 0 Å². The van der Waals surface area contributed by atoms with Crippen LogP contribution in [0, 0.1) is 0 Å². The summed E-state index contributed by atoms with van der Waals surface area (Å²) in [5.41, 5.74) is -0.481. The topological polar surface area (TPSA) is 61.9 Å². The molecule has 1 N–H and O–H groups in total. The molecule has 0 aromatic rings. The quantitative estimate of drug-likeness (QED) is 0.857. The molecule has 2 amide bonds. The Hall–Kier alpha value is -1.30. The van der Waals surface area contributed by atoms with Crippen molar-refractivity contribution in [3.63, 3.8) is 0 Å². The van der Waals surface area contributed by atoms with E-state index in [0.29, 0.717) is 13.1 Å². The first-order valence-electron chi connectivity index (χ1n) is 7.55. The van der Waals surface area contributed by atoms with Crippen LogP contribution in [0.25, 0.3) is 0 Å². The van der Waals surface area contributed by atoms with Crippen molar-refractivity contribution in [3.05, 3.63) is 0 Å². The van der Waals surface area contributed by atoms with Gasteiger partial charge in [0.15, 0.2) is 0 Å². The van der Waals surface area contributed by atoms with Crippen molar-refractivity contribution in [1.82, 2.24) is 15.1 Å². The molecule has 1 rings (SSSR count). The number of rotatable bonds is 3. The summed E-state index contributed by atoms with van der Waals surface area (Å²) in [6.45, 7) is 8.74. The second kappa shape index (κ2) is 7.11. The molecule has 2 atom stereocenters. The van der Waals surface area contributed by atoms with Crippen molar-refractivity contribution in [2.75, 3.05) is 27.2 Å². The summed E-state index contributed by atoms with van der Waals surface area (Å²) in [7, 11) is 3.49. The minimum Gasteiger partial charge on any atom is -0.444 e. The molecule has 1 saturated heterocycles. The number of likely N-dealkylation sites (tertiary alicyclic amines) is 1. The van der Waals surface area contributed by atoms with E-state index in [0.717, 1.165) is 12.8 Å². The number of ether oxygens (including phenoxy) is 1. The molecule has 1 heterocycles. The Morgan fingerprint density at radius 2 is 1.95 bits per heavy atom. The van der Waals surface area contributed by atoms with E-state index in [1.807, 2.05) is 27.7 Å². The van der Waals surface area contributed by atoms with Gasteiger partial charge in [0.1, 0.15) is 5.60 Å². The van der Waals surface area contributed by atoms with Crippen LogP contribution in [0.3, 0.4) is 0 Å². The van der Waals surface area contributed by atoms with E-state index in [4.69, 9.17) is 4.74 Å². The molecule has 122 valence electrons. The van der Waals surface area contributed by atoms with Gasteiger partial charge in [-0.1, -0.05) is 0 Å². The molecule has 1 aliphatic heterocycles. The number of hydrogen-bond donors (Lipinski definition) is 1. The van der Waals surface area contributed by atoms with E-state index in [-0.39, 0.29) is 24.1 Å². The minimum atomic E-state index is -0.481. The second-order valence-electron chi connectivity index (χ2n) is 6.89. The summed E-state index contributed by atoms with van der Waals surface area (Å²) in [6.07, 6.45) is 1.60. The molecule has 0 aromatic heterocycles. The van der Waals surface area contributed by atoms with Gasteiger partial charge in [0.25, 0.3) is 0 Å². The predicted molar refractivity (Wildman–Crippen MR) is 82.1 cm³/mol. The fourth-order valence-electron chi connectivity index (χ4n) is 2.42. The molecule has 6 nitrogen and oxygen atoms in total. The largest absolute Gasteiger partial charge is 0.444 e. The standard InChI is InChI=1S/C15H29N3O3/c1-11(13(19)17(5)6)16-12-8-7-9-18(10-12)14(20)21-15(2,3)4/h11-12,16H,7-10H2,1-6H3. The molecule has 0 bridgehead atoms. The maximum absolute atomic E-state index is 12.1. The predicted octanol–water partition coefficient (Wildman–Crippen LogP) is 1.45. The summed E-state index contributed by atoms with van der Waals surface area (Å²) in [6, 6.07) is -0.117. The van der Waals surface area contributed by atoms with Crippen LogP contribution in [-0.4, -0.2) is 66.7 Å². The molecule has 2 unspecified atom stereocenters. The highest BCUT2D eigenvalue weighted by Crippen LogP contribution is 2.15. The third-order valence-electron chi connectivity index (χ3n) is 3.37. The Kier molecular flexibility index (Phi) is 6.01. The van der Waals surface area contributed by atoms with E-state index < -0.39 is 5.60 Å². The van der Waals surface area contributed by atoms with Gasteiger partial charge in [-0.3, -0.25) is 4.79 Å². The highest BCUT2D eigenvalue weighted by atomic mass is 16.6. The number of hydrogen-bond acceptors (Lipinski definition) is 4. The third kappa shape index (κ3) is 5.91. The Bertz CT molecular complexity index is 377. The van der Waals surface area contributed by atoms with Crippen LogP contribution in [0.1, 0.15) is 40.5 Å². The van der Waals surface area contributed by atoms with Gasteiger partial charge in [0, 0.05) is 33.2 Å². The summed E-state index contributed by atoms with van der Waals surface area (Å²) < 4.78 is 5.40. The smallest absolute Gasteiger partial charge is 0.410 e. The Labute approximate surface area is 127 Å². The van der Waals surface area contributed by atoms with Gasteiger partial charge >= 0.3 is 6.09 Å². The summed E-state index contributed by atoms with van der Waals surface area (Å²) in [5.74, 6) is 0.0457. The number of carbonyl (C=O) groups is 2. The van der Waals surface area contributed by atoms with Crippen molar-refractivity contribution in [2.24, 2.45) is 0 Å². The van der Waals surface area contributed by atoms with Crippen LogP contribution in [0.4, 0.5) is 4.79 Å². The molecule has 6 heteroatoms. The number of amides is 2. The average molecular weight is 299 g/mol. The lowest BCUT2D eigenvalue weighted by molar-refractivity contribution is -0.130. The van der Waals surface area contributed by atoms with Crippen LogP contribution >= 0.6 is 0 Å². The number of piperidine rings is 1. The molecular formula is C15H29N3O3. The van der Waals surface area contributed by atoms with Gasteiger partial charge in [-0.25, -0.2) is 4.79 Å². The SMILES string of the molecule is CC(NC1CCCN(C(=O)OC(C)(C)C)C1)C(=O)N(C)C. The highest BCUT2D eigenvalue weighted by molar-refractivity contribution is 5.81. The van der Waals surface area contributed by atoms with Crippen LogP contribution < -0.4 is 5.32 Å². The lowest BCUT2D eigenvalue weighted by Gasteiger charge is -2.35. The monoisotopic (exact) mass is 299 g/mol. The van der Waals surface area contributed by atoms with Gasteiger partial charge in [0.2, 0.25) is 5.91 Å². The summed E-state index contributed by atoms with van der Waals surface area (Å²) in [4.78, 5) is 27.3. The number of carbonyl (C=O) groups excluding carboxylic acids is 2. The second-order valence-corrected chi connectivity index (χ2v) is 6.89. The number of nitrogens with one attached hydrogen (secondary N) is 1. The lowest BCUT2D eigenvalue weighted by Crippen LogP contribution is -2.54. The number of likely N-dealkylation sites (N-methyl/N-ethyl adjacent to an activating group) is 1. The normalized spacial score (nSPS) is 20.9. The average Bonchev–Trinajstić information content (AvgIpc) is 2.35. The van der Waals surface area contributed by atoms with E-state index in [1.54, 1.807) is 23.9 Å². The summed E-state index contributed by atoms with van der Waals surface area (Å²) >= 11 is 0. The Balaban J connectivity index is 2.52. The zero-order valence-corrected chi connectivity index (χ0v) is 14.1. The van der Waals surface area contributed by atoms with Gasteiger partial charge < -0.3 is 19.9 Å². The fourth-order valence-corrected chi connectivity index (χ4v) is 2.42. The maximum Gasteiger partial charge on any atom is 0.410 e. The van der Waals surface area contributed by atoms with Crippen LogP contribution in [0.2, 0.25) is 0 Å². The lowest BCUT2D eigenvalue weighted by atomic mass is 10.0. The van der Waals surface area contributed by atoms with Gasteiger partial charge in [-0.2, -0.15) is 0 Å². The molecule has 0 aliphatic carbocycles. The zero-order chi connectivity index (χ0) is 16.2. The Morgan fingerprint density at radius 3 is 2.48 bits per heavy atom. The van der Waals surface area contributed by atoms with Crippen molar-refractivity contribution < 1.29 is 14.3 Å². The van der Waals surface area contributed by atoms with E-state index >= 15 is 0 Å². The first-order chi connectivity index (χ1) is 9.60. The van der Waals surface area contributed by atoms with Gasteiger partial charge in [-0.05, 0) is 40.5 Å². The van der Waals surface area contributed by atoms with E-state index in [1.165, 1.54) is 0 Å². The minimum absolute atomic E-state index is 0.0457. The molecular weight excluding hydrogens is 270 g/mol. The molecule has 0 radical (unpaired) electrons.